The quantitative estimate of drug-likeness (QED) is 0.773. The van der Waals surface area contributed by atoms with Crippen LogP contribution in [0.2, 0.25) is 0 Å². The van der Waals surface area contributed by atoms with Crippen LogP contribution in [0.15, 0.2) is 47.5 Å². The fourth-order valence-electron chi connectivity index (χ4n) is 1.88. The van der Waals surface area contributed by atoms with Crippen LogP contribution in [0.25, 0.3) is 5.65 Å². The number of nitrogens with zero attached hydrogens (tertiary/aromatic N) is 3. The second-order valence-corrected chi connectivity index (χ2v) is 4.88. The summed E-state index contributed by atoms with van der Waals surface area (Å²) in [6.07, 6.45) is 5.12. The molecule has 3 rings (SSSR count). The number of alkyl halides is 2. The van der Waals surface area contributed by atoms with Gasteiger partial charge in [0.2, 0.25) is 0 Å². The molecule has 0 spiro atoms. The Hall–Kier alpha value is -2.22. The van der Waals surface area contributed by atoms with Gasteiger partial charge < -0.3 is 14.5 Å². The zero-order valence-electron chi connectivity index (χ0n) is 10.5. The lowest BCUT2D eigenvalue weighted by atomic mass is 10.3. The number of rotatable bonds is 4. The zero-order chi connectivity index (χ0) is 14.8. The van der Waals surface area contributed by atoms with E-state index >= 15 is 0 Å². The second kappa shape index (κ2) is 5.65. The maximum absolute atomic E-state index is 12.4. The van der Waals surface area contributed by atoms with Crippen molar-refractivity contribution in [3.05, 3.63) is 47.5 Å². The molecule has 0 aliphatic rings. The Labute approximate surface area is 126 Å². The van der Waals surface area contributed by atoms with Gasteiger partial charge in [-0.2, -0.15) is 8.78 Å². The van der Waals surface area contributed by atoms with Crippen molar-refractivity contribution in [3.63, 3.8) is 0 Å². The maximum atomic E-state index is 12.4. The Morgan fingerprint density at radius 3 is 2.90 bits per heavy atom. The van der Waals surface area contributed by atoms with Crippen molar-refractivity contribution in [1.29, 1.82) is 0 Å². The van der Waals surface area contributed by atoms with Gasteiger partial charge in [0.25, 0.3) is 0 Å². The normalized spacial score (nSPS) is 11.0. The van der Waals surface area contributed by atoms with Gasteiger partial charge >= 0.3 is 6.61 Å². The van der Waals surface area contributed by atoms with E-state index in [4.69, 9.17) is 0 Å². The number of ether oxygens (including phenoxy) is 1. The van der Waals surface area contributed by atoms with Crippen molar-refractivity contribution in [2.75, 3.05) is 5.32 Å². The number of anilines is 2. The van der Waals surface area contributed by atoms with Crippen LogP contribution in [0, 0.1) is 0 Å². The molecule has 0 unspecified atom stereocenters. The molecule has 2 aromatic heterocycles. The predicted octanol–water partition coefficient (Wildman–Crippen LogP) is 3.84. The highest BCUT2D eigenvalue weighted by Gasteiger charge is 2.12. The van der Waals surface area contributed by atoms with Gasteiger partial charge in [0.15, 0.2) is 11.5 Å². The topological polar surface area (TPSA) is 51.5 Å². The van der Waals surface area contributed by atoms with Gasteiger partial charge in [-0.1, -0.05) is 12.1 Å². The predicted molar refractivity (Wildman–Crippen MR) is 77.0 cm³/mol. The van der Waals surface area contributed by atoms with E-state index in [0.717, 1.165) is 0 Å². The molecule has 0 bridgehead atoms. The summed E-state index contributed by atoms with van der Waals surface area (Å²) in [5.74, 6) is 0.471. The first-order valence-corrected chi connectivity index (χ1v) is 6.73. The van der Waals surface area contributed by atoms with Crippen LogP contribution in [-0.4, -0.2) is 21.0 Å². The monoisotopic (exact) mass is 354 g/mol. The molecule has 3 aromatic rings. The molecule has 0 amide bonds. The van der Waals surface area contributed by atoms with E-state index in [1.165, 1.54) is 6.07 Å². The molecule has 21 heavy (non-hydrogen) atoms. The Bertz CT molecular complexity index is 778. The lowest BCUT2D eigenvalue weighted by Gasteiger charge is -2.12. The molecule has 0 fully saturated rings. The van der Waals surface area contributed by atoms with Crippen molar-refractivity contribution in [2.45, 2.75) is 6.61 Å². The number of benzene rings is 1. The standard InChI is InChI=1S/C13H9BrF2N4O/c14-10-7-20-6-5-17-12(20)11(19-10)18-8-3-1-2-4-9(8)21-13(15)16/h1-7,13H,(H,18,19). The van der Waals surface area contributed by atoms with Gasteiger partial charge in [-0.15, -0.1) is 0 Å². The molecular formula is C13H9BrF2N4O. The highest BCUT2D eigenvalue weighted by Crippen LogP contribution is 2.29. The first-order valence-electron chi connectivity index (χ1n) is 5.93. The van der Waals surface area contributed by atoms with Crippen LogP contribution in [0.4, 0.5) is 20.3 Å². The second-order valence-electron chi connectivity index (χ2n) is 4.07. The molecule has 0 atom stereocenters. The minimum absolute atomic E-state index is 0.0407. The molecule has 0 saturated heterocycles. The largest absolute Gasteiger partial charge is 0.433 e. The smallest absolute Gasteiger partial charge is 0.387 e. The maximum Gasteiger partial charge on any atom is 0.387 e. The van der Waals surface area contributed by atoms with Crippen LogP contribution < -0.4 is 10.1 Å². The Balaban J connectivity index is 2.01. The average Bonchev–Trinajstić information content (AvgIpc) is 2.88. The zero-order valence-corrected chi connectivity index (χ0v) is 12.1. The number of hydrogen-bond donors (Lipinski definition) is 1. The minimum Gasteiger partial charge on any atom is -0.433 e. The van der Waals surface area contributed by atoms with Gasteiger partial charge in [-0.3, -0.25) is 0 Å². The van der Waals surface area contributed by atoms with Crippen molar-refractivity contribution >= 4 is 33.1 Å². The first-order chi connectivity index (χ1) is 10.1. The van der Waals surface area contributed by atoms with Crippen molar-refractivity contribution < 1.29 is 13.5 Å². The number of halogens is 3. The molecule has 0 aliphatic carbocycles. The van der Waals surface area contributed by atoms with Crippen LogP contribution in [-0.2, 0) is 0 Å². The van der Waals surface area contributed by atoms with E-state index in [2.05, 4.69) is 36.0 Å². The molecule has 0 radical (unpaired) electrons. The van der Waals surface area contributed by atoms with Crippen molar-refractivity contribution in [3.8, 4) is 5.75 Å². The van der Waals surface area contributed by atoms with E-state index in [9.17, 15) is 8.78 Å². The molecule has 2 heterocycles. The highest BCUT2D eigenvalue weighted by atomic mass is 79.9. The lowest BCUT2D eigenvalue weighted by Crippen LogP contribution is -2.05. The van der Waals surface area contributed by atoms with Gasteiger partial charge in [0, 0.05) is 18.6 Å². The van der Waals surface area contributed by atoms with Gasteiger partial charge in [-0.05, 0) is 28.1 Å². The minimum atomic E-state index is -2.89. The van der Waals surface area contributed by atoms with Crippen molar-refractivity contribution in [1.82, 2.24) is 14.4 Å². The summed E-state index contributed by atoms with van der Waals surface area (Å²) in [5.41, 5.74) is 0.957. The fraction of sp³-hybridized carbons (Fsp3) is 0.0769. The van der Waals surface area contributed by atoms with Crippen LogP contribution in [0.5, 0.6) is 5.75 Å². The summed E-state index contributed by atoms with van der Waals surface area (Å²) in [6, 6.07) is 6.40. The third kappa shape index (κ3) is 2.94. The Kier molecular flexibility index (Phi) is 3.70. The Morgan fingerprint density at radius 2 is 2.10 bits per heavy atom. The molecule has 5 nitrogen and oxygen atoms in total. The molecule has 0 aliphatic heterocycles. The number of fused-ring (bicyclic) bond motifs is 1. The summed E-state index contributed by atoms with van der Waals surface area (Å²) in [5, 5.41) is 2.97. The van der Waals surface area contributed by atoms with Crippen LogP contribution in [0.3, 0.4) is 0 Å². The fourth-order valence-corrected chi connectivity index (χ4v) is 2.28. The summed E-state index contributed by atoms with van der Waals surface area (Å²) in [6.45, 7) is -2.89. The molecule has 1 aromatic carbocycles. The number of hydrogen-bond acceptors (Lipinski definition) is 4. The molecule has 1 N–H and O–H groups in total. The molecular weight excluding hydrogens is 346 g/mol. The molecule has 108 valence electrons. The number of aromatic nitrogens is 3. The van der Waals surface area contributed by atoms with Crippen LogP contribution in [0.1, 0.15) is 0 Å². The SMILES string of the molecule is FC(F)Oc1ccccc1Nc1nc(Br)cn2ccnc12. The Morgan fingerprint density at radius 1 is 1.29 bits per heavy atom. The summed E-state index contributed by atoms with van der Waals surface area (Å²) in [7, 11) is 0. The lowest BCUT2D eigenvalue weighted by molar-refractivity contribution is -0.0493. The highest BCUT2D eigenvalue weighted by molar-refractivity contribution is 9.10. The van der Waals surface area contributed by atoms with Crippen molar-refractivity contribution in [2.24, 2.45) is 0 Å². The third-order valence-corrected chi connectivity index (χ3v) is 3.08. The van der Waals surface area contributed by atoms with E-state index in [0.29, 0.717) is 21.8 Å². The van der Waals surface area contributed by atoms with Gasteiger partial charge in [-0.25, -0.2) is 9.97 Å². The number of imidazole rings is 1. The van der Waals surface area contributed by atoms with E-state index < -0.39 is 6.61 Å². The summed E-state index contributed by atoms with van der Waals surface area (Å²) >= 11 is 3.29. The van der Waals surface area contributed by atoms with E-state index in [-0.39, 0.29) is 5.75 Å². The number of nitrogens with one attached hydrogen (secondary N) is 1. The summed E-state index contributed by atoms with van der Waals surface area (Å²) < 4.78 is 31.7. The van der Waals surface area contributed by atoms with E-state index in [1.54, 1.807) is 41.2 Å². The summed E-state index contributed by atoms with van der Waals surface area (Å²) in [4.78, 5) is 8.44. The third-order valence-electron chi connectivity index (χ3n) is 2.70. The van der Waals surface area contributed by atoms with Gasteiger partial charge in [0.1, 0.15) is 10.4 Å². The molecule has 8 heteroatoms. The van der Waals surface area contributed by atoms with Crippen LogP contribution >= 0.6 is 15.9 Å². The molecule has 0 saturated carbocycles. The average molecular weight is 355 g/mol. The number of para-hydroxylation sites is 2. The van der Waals surface area contributed by atoms with E-state index in [1.807, 2.05) is 0 Å². The van der Waals surface area contributed by atoms with Gasteiger partial charge in [0.05, 0.1) is 5.69 Å². The first kappa shape index (κ1) is 13.7.